The van der Waals surface area contributed by atoms with Crippen LogP contribution in [0.15, 0.2) is 17.5 Å². The minimum absolute atomic E-state index is 0.528. The predicted octanol–water partition coefficient (Wildman–Crippen LogP) is 3.74. The third-order valence-electron chi connectivity index (χ3n) is 3.39. The second kappa shape index (κ2) is 5.48. The number of thiophene rings is 1. The van der Waals surface area contributed by atoms with Crippen LogP contribution in [0.4, 0.5) is 0 Å². The Morgan fingerprint density at radius 1 is 1.50 bits per heavy atom. The highest BCUT2D eigenvalue weighted by atomic mass is 32.1. The van der Waals surface area contributed by atoms with E-state index < -0.39 is 0 Å². The van der Waals surface area contributed by atoms with Gasteiger partial charge in [-0.25, -0.2) is 0 Å². The van der Waals surface area contributed by atoms with Crippen LogP contribution in [0.25, 0.3) is 0 Å². The zero-order valence-electron chi connectivity index (χ0n) is 9.91. The van der Waals surface area contributed by atoms with E-state index in [0.29, 0.717) is 5.92 Å². The molecule has 1 aliphatic carbocycles. The first-order chi connectivity index (χ1) is 7.81. The van der Waals surface area contributed by atoms with Gasteiger partial charge in [0, 0.05) is 17.3 Å². The van der Waals surface area contributed by atoms with Crippen molar-refractivity contribution < 1.29 is 0 Å². The van der Waals surface area contributed by atoms with Crippen molar-refractivity contribution in [2.24, 2.45) is 5.92 Å². The van der Waals surface area contributed by atoms with Crippen LogP contribution in [-0.2, 0) is 6.54 Å². The van der Waals surface area contributed by atoms with Crippen molar-refractivity contribution in [1.29, 1.82) is 5.41 Å². The minimum Gasteiger partial charge on any atom is -0.355 e. The van der Waals surface area contributed by atoms with Gasteiger partial charge in [0.15, 0.2) is 0 Å². The van der Waals surface area contributed by atoms with Crippen LogP contribution in [-0.4, -0.2) is 17.3 Å². The molecule has 1 saturated carbocycles. The maximum atomic E-state index is 8.28. The summed E-state index contributed by atoms with van der Waals surface area (Å²) in [6.07, 6.45) is 5.06. The maximum Gasteiger partial charge on any atom is 0.0992 e. The van der Waals surface area contributed by atoms with Crippen LogP contribution in [0.3, 0.4) is 0 Å². The Morgan fingerprint density at radius 2 is 2.25 bits per heavy atom. The van der Waals surface area contributed by atoms with Gasteiger partial charge < -0.3 is 4.90 Å². The molecule has 1 fully saturated rings. The van der Waals surface area contributed by atoms with Crippen molar-refractivity contribution in [3.8, 4) is 0 Å². The lowest BCUT2D eigenvalue weighted by Gasteiger charge is -2.26. The summed E-state index contributed by atoms with van der Waals surface area (Å²) in [5.41, 5.74) is 0. The molecule has 0 aliphatic heterocycles. The summed E-state index contributed by atoms with van der Waals surface area (Å²) in [7, 11) is 0. The number of rotatable bonds is 4. The van der Waals surface area contributed by atoms with E-state index in [9.17, 15) is 0 Å². The van der Waals surface area contributed by atoms with Gasteiger partial charge in [0.2, 0.25) is 0 Å². The van der Waals surface area contributed by atoms with Gasteiger partial charge in [0.1, 0.15) is 0 Å². The van der Waals surface area contributed by atoms with Crippen LogP contribution >= 0.6 is 11.3 Å². The molecule has 0 amide bonds. The molecule has 1 heterocycles. The van der Waals surface area contributed by atoms with Crippen LogP contribution in [0.5, 0.6) is 0 Å². The Labute approximate surface area is 102 Å². The van der Waals surface area contributed by atoms with E-state index >= 15 is 0 Å². The highest BCUT2D eigenvalue weighted by molar-refractivity contribution is 7.09. The Bertz CT molecular complexity index is 326. The molecule has 2 nitrogen and oxygen atoms in total. The highest BCUT2D eigenvalue weighted by Crippen LogP contribution is 2.27. The standard InChI is InChI=1S/C13H20N2S/c1-2-15(10-12-8-5-9-16-12)13(14)11-6-3-4-7-11/h5,8-9,11,14H,2-4,6-7,10H2,1H3. The van der Waals surface area contributed by atoms with Crippen molar-refractivity contribution in [3.63, 3.8) is 0 Å². The maximum absolute atomic E-state index is 8.28. The Hall–Kier alpha value is -0.830. The summed E-state index contributed by atoms with van der Waals surface area (Å²) >= 11 is 1.79. The molecule has 0 bridgehead atoms. The molecule has 1 N–H and O–H groups in total. The lowest BCUT2D eigenvalue weighted by atomic mass is 10.1. The molecule has 0 aromatic carbocycles. The topological polar surface area (TPSA) is 27.1 Å². The second-order valence-corrected chi connectivity index (χ2v) is 5.49. The van der Waals surface area contributed by atoms with Crippen LogP contribution < -0.4 is 0 Å². The van der Waals surface area contributed by atoms with Gasteiger partial charge in [0.05, 0.1) is 12.4 Å². The van der Waals surface area contributed by atoms with Crippen molar-refractivity contribution in [1.82, 2.24) is 4.90 Å². The fraction of sp³-hybridized carbons (Fsp3) is 0.615. The fourth-order valence-electron chi connectivity index (χ4n) is 2.42. The van der Waals surface area contributed by atoms with Gasteiger partial charge in [-0.1, -0.05) is 18.9 Å². The molecule has 0 unspecified atom stereocenters. The van der Waals surface area contributed by atoms with E-state index in [1.807, 2.05) is 0 Å². The smallest absolute Gasteiger partial charge is 0.0992 e. The first-order valence-electron chi connectivity index (χ1n) is 6.17. The average molecular weight is 236 g/mol. The molecule has 3 heteroatoms. The zero-order chi connectivity index (χ0) is 11.4. The average Bonchev–Trinajstić information content (AvgIpc) is 2.97. The third-order valence-corrected chi connectivity index (χ3v) is 4.25. The summed E-state index contributed by atoms with van der Waals surface area (Å²) in [5, 5.41) is 10.4. The number of hydrogen-bond acceptors (Lipinski definition) is 2. The lowest BCUT2D eigenvalue weighted by Crippen LogP contribution is -2.33. The van der Waals surface area contributed by atoms with Gasteiger partial charge in [-0.15, -0.1) is 11.3 Å². The molecule has 0 atom stereocenters. The monoisotopic (exact) mass is 236 g/mol. The number of hydrogen-bond donors (Lipinski definition) is 1. The van der Waals surface area contributed by atoms with E-state index in [4.69, 9.17) is 5.41 Å². The van der Waals surface area contributed by atoms with Gasteiger partial charge in [-0.2, -0.15) is 0 Å². The van der Waals surface area contributed by atoms with Crippen LogP contribution in [0, 0.1) is 11.3 Å². The molecule has 1 aromatic heterocycles. The summed E-state index contributed by atoms with van der Waals surface area (Å²) in [6.45, 7) is 4.02. The van der Waals surface area contributed by atoms with E-state index in [2.05, 4.69) is 29.3 Å². The fourth-order valence-corrected chi connectivity index (χ4v) is 3.13. The van der Waals surface area contributed by atoms with Gasteiger partial charge in [0.25, 0.3) is 0 Å². The number of amidine groups is 1. The summed E-state index contributed by atoms with van der Waals surface area (Å²) in [6, 6.07) is 4.25. The highest BCUT2D eigenvalue weighted by Gasteiger charge is 2.23. The van der Waals surface area contributed by atoms with E-state index in [1.165, 1.54) is 30.6 Å². The molecule has 1 aromatic rings. The van der Waals surface area contributed by atoms with Gasteiger partial charge in [-0.3, -0.25) is 5.41 Å². The predicted molar refractivity (Wildman–Crippen MR) is 70.1 cm³/mol. The number of nitrogens with zero attached hydrogens (tertiary/aromatic N) is 1. The zero-order valence-corrected chi connectivity index (χ0v) is 10.7. The Balaban J connectivity index is 1.96. The lowest BCUT2D eigenvalue weighted by molar-refractivity contribution is 0.405. The third kappa shape index (κ3) is 2.64. The normalized spacial score (nSPS) is 16.6. The van der Waals surface area contributed by atoms with E-state index in [0.717, 1.165) is 18.9 Å². The van der Waals surface area contributed by atoms with E-state index in [-0.39, 0.29) is 0 Å². The summed E-state index contributed by atoms with van der Waals surface area (Å²) < 4.78 is 0. The van der Waals surface area contributed by atoms with Crippen molar-refractivity contribution in [2.75, 3.05) is 6.54 Å². The van der Waals surface area contributed by atoms with Gasteiger partial charge in [-0.05, 0) is 31.2 Å². The molecule has 0 saturated heterocycles. The molecule has 88 valence electrons. The largest absolute Gasteiger partial charge is 0.355 e. The Kier molecular flexibility index (Phi) is 3.99. The Morgan fingerprint density at radius 3 is 2.81 bits per heavy atom. The number of nitrogens with one attached hydrogen (secondary N) is 1. The van der Waals surface area contributed by atoms with Crippen LogP contribution in [0.1, 0.15) is 37.5 Å². The molecule has 0 spiro atoms. The molecular formula is C13H20N2S. The van der Waals surface area contributed by atoms with Crippen molar-refractivity contribution in [3.05, 3.63) is 22.4 Å². The molecular weight excluding hydrogens is 216 g/mol. The molecule has 16 heavy (non-hydrogen) atoms. The summed E-state index contributed by atoms with van der Waals surface area (Å²) in [5.74, 6) is 1.40. The SMILES string of the molecule is CCN(Cc1cccs1)C(=N)C1CCCC1. The quantitative estimate of drug-likeness (QED) is 0.626. The molecule has 0 radical (unpaired) electrons. The first kappa shape index (κ1) is 11.6. The van der Waals surface area contributed by atoms with Crippen molar-refractivity contribution >= 4 is 17.2 Å². The van der Waals surface area contributed by atoms with Crippen molar-refractivity contribution in [2.45, 2.75) is 39.2 Å². The molecule has 1 aliphatic rings. The first-order valence-corrected chi connectivity index (χ1v) is 7.05. The van der Waals surface area contributed by atoms with Gasteiger partial charge >= 0.3 is 0 Å². The van der Waals surface area contributed by atoms with E-state index in [1.54, 1.807) is 11.3 Å². The van der Waals surface area contributed by atoms with Crippen LogP contribution in [0.2, 0.25) is 0 Å². The molecule has 2 rings (SSSR count). The summed E-state index contributed by atoms with van der Waals surface area (Å²) in [4.78, 5) is 3.59. The second-order valence-electron chi connectivity index (χ2n) is 4.46. The minimum atomic E-state index is 0.528.